The summed E-state index contributed by atoms with van der Waals surface area (Å²) in [5.41, 5.74) is 4.09. The first-order valence-electron chi connectivity index (χ1n) is 6.67. The largest absolute Gasteiger partial charge is 0.496 e. The topological polar surface area (TPSA) is 61.7 Å². The summed E-state index contributed by atoms with van der Waals surface area (Å²) in [6, 6.07) is 8.20. The van der Waals surface area contributed by atoms with E-state index < -0.39 is 0 Å². The number of benzene rings is 1. The lowest BCUT2D eigenvalue weighted by molar-refractivity contribution is 0.407. The van der Waals surface area contributed by atoms with Crippen LogP contribution in [0, 0.1) is 18.3 Å². The van der Waals surface area contributed by atoms with Crippen molar-refractivity contribution in [2.24, 2.45) is 0 Å². The molecule has 0 aliphatic rings. The van der Waals surface area contributed by atoms with Gasteiger partial charge >= 0.3 is 0 Å². The van der Waals surface area contributed by atoms with Crippen LogP contribution >= 0.6 is 0 Å². The molecule has 0 radical (unpaired) electrons. The summed E-state index contributed by atoms with van der Waals surface area (Å²) >= 11 is 0. The lowest BCUT2D eigenvalue weighted by Gasteiger charge is -2.13. The minimum Gasteiger partial charge on any atom is -0.496 e. The van der Waals surface area contributed by atoms with Gasteiger partial charge in [0.05, 0.1) is 25.3 Å². The summed E-state index contributed by atoms with van der Waals surface area (Å²) in [4.78, 5) is 7.66. The molecule has 0 saturated heterocycles. The first-order valence-corrected chi connectivity index (χ1v) is 6.67. The number of rotatable bonds is 4. The number of hydrogen-bond donors (Lipinski definition) is 1. The molecule has 0 aliphatic heterocycles. The van der Waals surface area contributed by atoms with Crippen LogP contribution in [0.15, 0.2) is 18.2 Å². The van der Waals surface area contributed by atoms with E-state index in [1.807, 2.05) is 19.1 Å². The Hall–Kier alpha value is -2.28. The summed E-state index contributed by atoms with van der Waals surface area (Å²) in [6.07, 6.45) is 0.300. The fourth-order valence-electron chi connectivity index (χ4n) is 2.29. The fraction of sp³-hybridized carbons (Fsp3) is 0.375. The van der Waals surface area contributed by atoms with E-state index in [-0.39, 0.29) is 0 Å². The second-order valence-corrected chi connectivity index (χ2v) is 5.10. The Balaban J connectivity index is 2.48. The van der Waals surface area contributed by atoms with Crippen LogP contribution in [0.2, 0.25) is 0 Å². The number of hydrogen-bond acceptors (Lipinski definition) is 3. The molecule has 0 bridgehead atoms. The molecule has 0 amide bonds. The quantitative estimate of drug-likeness (QED) is 0.922. The van der Waals surface area contributed by atoms with Crippen LogP contribution in [0.1, 0.15) is 36.8 Å². The minimum atomic E-state index is 0.300. The first-order chi connectivity index (χ1) is 9.56. The molecular weight excluding hydrogens is 250 g/mol. The molecule has 0 saturated carbocycles. The van der Waals surface area contributed by atoms with Gasteiger partial charge in [0, 0.05) is 11.3 Å². The van der Waals surface area contributed by atoms with E-state index in [0.29, 0.717) is 18.2 Å². The molecule has 0 spiro atoms. The predicted octanol–water partition coefficient (Wildman–Crippen LogP) is 3.58. The van der Waals surface area contributed by atoms with Crippen molar-refractivity contribution in [1.82, 2.24) is 9.97 Å². The van der Waals surface area contributed by atoms with Crippen LogP contribution in [0.4, 0.5) is 0 Å². The smallest absolute Gasteiger partial charge is 0.122 e. The number of imidazole rings is 1. The lowest BCUT2D eigenvalue weighted by Crippen LogP contribution is -1.95. The standard InChI is InChI=1S/C16H19N3O/c1-10(2)13-9-12(5-6-14(13)20-4)16-11(3)18-15(19-16)7-8-17/h5-6,9-10H,7H2,1-4H3,(H,18,19). The van der Waals surface area contributed by atoms with E-state index in [0.717, 1.165) is 28.3 Å². The highest BCUT2D eigenvalue weighted by Crippen LogP contribution is 2.31. The molecule has 20 heavy (non-hydrogen) atoms. The molecule has 1 aromatic carbocycles. The third-order valence-corrected chi connectivity index (χ3v) is 3.31. The van der Waals surface area contributed by atoms with Gasteiger partial charge in [0.2, 0.25) is 0 Å². The molecule has 2 rings (SSSR count). The number of methoxy groups -OCH3 is 1. The van der Waals surface area contributed by atoms with E-state index in [4.69, 9.17) is 10.00 Å². The van der Waals surface area contributed by atoms with Crippen molar-refractivity contribution < 1.29 is 4.74 Å². The van der Waals surface area contributed by atoms with Gasteiger partial charge in [-0.1, -0.05) is 13.8 Å². The molecule has 104 valence electrons. The van der Waals surface area contributed by atoms with Crippen molar-refractivity contribution in [2.45, 2.75) is 33.1 Å². The SMILES string of the molecule is COc1ccc(-c2nc(CC#N)[nH]c2C)cc1C(C)C. The molecule has 2 aromatic rings. The van der Waals surface area contributed by atoms with Crippen molar-refractivity contribution in [3.05, 3.63) is 35.3 Å². The number of aromatic amines is 1. The number of H-pyrrole nitrogens is 1. The average molecular weight is 269 g/mol. The Morgan fingerprint density at radius 1 is 1.40 bits per heavy atom. The van der Waals surface area contributed by atoms with Gasteiger partial charge in [-0.05, 0) is 36.6 Å². The molecule has 0 aliphatic carbocycles. The van der Waals surface area contributed by atoms with Crippen molar-refractivity contribution >= 4 is 0 Å². The number of aryl methyl sites for hydroxylation is 1. The monoisotopic (exact) mass is 269 g/mol. The highest BCUT2D eigenvalue weighted by Gasteiger charge is 2.13. The van der Waals surface area contributed by atoms with Crippen LogP contribution < -0.4 is 4.74 Å². The van der Waals surface area contributed by atoms with Crippen LogP contribution in [-0.4, -0.2) is 17.1 Å². The number of ether oxygens (including phenoxy) is 1. The van der Waals surface area contributed by atoms with Gasteiger partial charge in [0.1, 0.15) is 11.6 Å². The van der Waals surface area contributed by atoms with Crippen LogP contribution in [0.5, 0.6) is 5.75 Å². The molecule has 4 nitrogen and oxygen atoms in total. The number of aromatic nitrogens is 2. The van der Waals surface area contributed by atoms with Gasteiger partial charge in [-0.2, -0.15) is 5.26 Å². The Morgan fingerprint density at radius 2 is 2.15 bits per heavy atom. The summed E-state index contributed by atoms with van der Waals surface area (Å²) in [5, 5.41) is 8.75. The molecule has 1 heterocycles. The maximum atomic E-state index is 8.75. The minimum absolute atomic E-state index is 0.300. The second kappa shape index (κ2) is 5.79. The zero-order chi connectivity index (χ0) is 14.7. The predicted molar refractivity (Wildman–Crippen MR) is 78.7 cm³/mol. The lowest BCUT2D eigenvalue weighted by atomic mass is 9.98. The molecule has 1 aromatic heterocycles. The summed E-state index contributed by atoms with van der Waals surface area (Å²) in [6.45, 7) is 6.25. The van der Waals surface area contributed by atoms with Gasteiger partial charge in [0.25, 0.3) is 0 Å². The van der Waals surface area contributed by atoms with Gasteiger partial charge in [-0.25, -0.2) is 4.98 Å². The van der Waals surface area contributed by atoms with Crippen molar-refractivity contribution in [2.75, 3.05) is 7.11 Å². The van der Waals surface area contributed by atoms with E-state index in [1.165, 1.54) is 0 Å². The van der Waals surface area contributed by atoms with E-state index >= 15 is 0 Å². The summed E-state index contributed by atoms with van der Waals surface area (Å²) < 4.78 is 5.40. The van der Waals surface area contributed by atoms with Gasteiger partial charge in [-0.3, -0.25) is 0 Å². The second-order valence-electron chi connectivity index (χ2n) is 5.10. The molecule has 4 heteroatoms. The maximum Gasteiger partial charge on any atom is 0.122 e. The molecule has 0 unspecified atom stereocenters. The molecule has 0 atom stereocenters. The normalized spacial score (nSPS) is 10.6. The van der Waals surface area contributed by atoms with Crippen molar-refractivity contribution in [3.8, 4) is 23.1 Å². The Bertz CT molecular complexity index is 650. The first kappa shape index (κ1) is 14.1. The number of nitrogens with one attached hydrogen (secondary N) is 1. The molecule has 1 N–H and O–H groups in total. The van der Waals surface area contributed by atoms with E-state index in [2.05, 4.69) is 36.0 Å². The van der Waals surface area contributed by atoms with Gasteiger partial charge in [-0.15, -0.1) is 0 Å². The van der Waals surface area contributed by atoms with Crippen molar-refractivity contribution in [3.63, 3.8) is 0 Å². The Labute approximate surface area is 119 Å². The fourth-order valence-corrected chi connectivity index (χ4v) is 2.29. The third kappa shape index (κ3) is 2.67. The van der Waals surface area contributed by atoms with Gasteiger partial charge < -0.3 is 9.72 Å². The van der Waals surface area contributed by atoms with Crippen LogP contribution in [-0.2, 0) is 6.42 Å². The zero-order valence-corrected chi connectivity index (χ0v) is 12.3. The Morgan fingerprint density at radius 3 is 2.75 bits per heavy atom. The van der Waals surface area contributed by atoms with Crippen molar-refractivity contribution in [1.29, 1.82) is 5.26 Å². The Kier molecular flexibility index (Phi) is 4.09. The van der Waals surface area contributed by atoms with E-state index in [9.17, 15) is 0 Å². The maximum absolute atomic E-state index is 8.75. The highest BCUT2D eigenvalue weighted by atomic mass is 16.5. The zero-order valence-electron chi connectivity index (χ0n) is 12.3. The third-order valence-electron chi connectivity index (χ3n) is 3.31. The molecular formula is C16H19N3O. The van der Waals surface area contributed by atoms with E-state index in [1.54, 1.807) is 7.11 Å². The van der Waals surface area contributed by atoms with Crippen LogP contribution in [0.3, 0.4) is 0 Å². The number of nitriles is 1. The summed E-state index contributed by atoms with van der Waals surface area (Å²) in [7, 11) is 1.69. The van der Waals surface area contributed by atoms with Gasteiger partial charge in [0.15, 0.2) is 0 Å². The average Bonchev–Trinajstić information content (AvgIpc) is 2.79. The van der Waals surface area contributed by atoms with Crippen LogP contribution in [0.25, 0.3) is 11.3 Å². The molecule has 0 fully saturated rings. The number of nitrogens with zero attached hydrogens (tertiary/aromatic N) is 2. The highest BCUT2D eigenvalue weighted by molar-refractivity contribution is 5.65. The summed E-state index contributed by atoms with van der Waals surface area (Å²) in [5.74, 6) is 1.99.